The quantitative estimate of drug-likeness (QED) is 0.359. The molecule has 5 heterocycles. The van der Waals surface area contributed by atoms with Gasteiger partial charge in [-0.15, -0.1) is 0 Å². The molecular weight excluding hydrogens is 424 g/mol. The van der Waals surface area contributed by atoms with Crippen LogP contribution in [0.3, 0.4) is 0 Å². The Morgan fingerprint density at radius 2 is 0.815 bits per heavy atom. The number of nitrogens with one attached hydrogen (secondary N) is 2. The Labute approximate surface area is 176 Å². The topological polar surface area (TPSA) is 88.9 Å². The summed E-state index contributed by atoms with van der Waals surface area (Å²) in [4.78, 5) is 16.0. The Balaban J connectivity index is 0.000000871. The molecule has 5 rings (SSSR count). The molecular formula is C20H16Fe2N4O. The first-order valence-corrected chi connectivity index (χ1v) is 7.85. The molecule has 8 bridgehead atoms. The van der Waals surface area contributed by atoms with Gasteiger partial charge in [-0.2, -0.15) is 0 Å². The van der Waals surface area contributed by atoms with E-state index in [0.717, 1.165) is 44.8 Å². The van der Waals surface area contributed by atoms with Crippen molar-refractivity contribution in [2.45, 2.75) is 0 Å². The summed E-state index contributed by atoms with van der Waals surface area (Å²) in [6, 6.07) is 16.4. The third-order valence-electron chi connectivity index (χ3n) is 4.04. The van der Waals surface area contributed by atoms with Gasteiger partial charge in [0.1, 0.15) is 0 Å². The van der Waals surface area contributed by atoms with E-state index in [9.17, 15) is 0 Å². The standard InChI is InChI=1S/C20H14N4.2Fe.H2O/c1-2-14-10-16-5-6-18(23-16)12-20-8-7-19(24-20)11-17-4-3-15(22-17)9-13(1)21-14;;;/h1-12,21-22H;;;1H2. The summed E-state index contributed by atoms with van der Waals surface area (Å²) in [6.45, 7) is 0. The van der Waals surface area contributed by atoms with Crippen LogP contribution in [-0.4, -0.2) is 25.4 Å². The van der Waals surface area contributed by atoms with Crippen LogP contribution in [0.15, 0.2) is 48.5 Å². The number of aromatic amines is 2. The third kappa shape index (κ3) is 4.48. The zero-order valence-electron chi connectivity index (χ0n) is 14.0. The predicted octanol–water partition coefficient (Wildman–Crippen LogP) is 3.83. The first kappa shape index (κ1) is 20.9. The van der Waals surface area contributed by atoms with E-state index in [4.69, 9.17) is 0 Å². The number of aromatic nitrogens is 4. The predicted molar refractivity (Wildman–Crippen MR) is 102 cm³/mol. The Kier molecular flexibility index (Phi) is 6.60. The van der Waals surface area contributed by atoms with Gasteiger partial charge in [0.25, 0.3) is 0 Å². The van der Waals surface area contributed by atoms with Crippen molar-refractivity contribution in [2.75, 3.05) is 0 Å². The molecule has 4 N–H and O–H groups in total. The maximum atomic E-state index is 4.62. The van der Waals surface area contributed by atoms with Crippen LogP contribution in [0.2, 0.25) is 0 Å². The van der Waals surface area contributed by atoms with Crippen LogP contribution in [0.4, 0.5) is 0 Å². The first-order valence-electron chi connectivity index (χ1n) is 7.85. The van der Waals surface area contributed by atoms with Gasteiger partial charge in [-0.25, -0.2) is 9.97 Å². The van der Waals surface area contributed by atoms with E-state index in [1.807, 2.05) is 42.5 Å². The van der Waals surface area contributed by atoms with E-state index in [-0.39, 0.29) is 39.6 Å². The van der Waals surface area contributed by atoms with Crippen molar-refractivity contribution in [1.82, 2.24) is 19.9 Å². The molecule has 0 spiro atoms. The van der Waals surface area contributed by atoms with Gasteiger partial charge in [-0.3, -0.25) is 0 Å². The molecule has 0 amide bonds. The van der Waals surface area contributed by atoms with Crippen molar-refractivity contribution >= 4 is 46.4 Å². The summed E-state index contributed by atoms with van der Waals surface area (Å²) >= 11 is 0. The molecule has 0 atom stereocenters. The largest absolute Gasteiger partial charge is 0.412 e. The fourth-order valence-corrected chi connectivity index (χ4v) is 2.94. The molecule has 7 heteroatoms. The molecule has 0 saturated heterocycles. The number of fused-ring (bicyclic) bond motifs is 8. The average molecular weight is 440 g/mol. The second kappa shape index (κ2) is 8.53. The van der Waals surface area contributed by atoms with E-state index in [1.165, 1.54) is 0 Å². The van der Waals surface area contributed by atoms with Crippen LogP contribution >= 0.6 is 0 Å². The van der Waals surface area contributed by atoms with Crippen LogP contribution in [0.25, 0.3) is 46.4 Å². The van der Waals surface area contributed by atoms with Crippen molar-refractivity contribution in [3.05, 3.63) is 71.3 Å². The smallest absolute Gasteiger partial charge is 0.0659 e. The van der Waals surface area contributed by atoms with E-state index in [2.05, 4.69) is 50.3 Å². The van der Waals surface area contributed by atoms with Gasteiger partial charge in [0, 0.05) is 56.2 Å². The molecule has 0 unspecified atom stereocenters. The molecule has 0 radical (unpaired) electrons. The molecule has 5 nitrogen and oxygen atoms in total. The molecule has 3 aromatic heterocycles. The molecule has 0 aliphatic carbocycles. The summed E-state index contributed by atoms with van der Waals surface area (Å²) in [6.07, 6.45) is 8.05. The number of H-pyrrole nitrogens is 2. The van der Waals surface area contributed by atoms with E-state index in [0.29, 0.717) is 0 Å². The molecule has 3 aromatic rings. The Hall–Kier alpha value is -2.40. The molecule has 27 heavy (non-hydrogen) atoms. The Bertz CT molecular complexity index is 1090. The van der Waals surface area contributed by atoms with Crippen molar-refractivity contribution in [2.24, 2.45) is 0 Å². The summed E-state index contributed by atoms with van der Waals surface area (Å²) in [7, 11) is 0. The zero-order chi connectivity index (χ0) is 15.9. The Morgan fingerprint density at radius 1 is 0.481 bits per heavy atom. The van der Waals surface area contributed by atoms with Crippen molar-refractivity contribution in [3.63, 3.8) is 0 Å². The fraction of sp³-hybridized carbons (Fsp3) is 0. The second-order valence-corrected chi connectivity index (χ2v) is 5.91. The number of rotatable bonds is 0. The minimum Gasteiger partial charge on any atom is -0.412 e. The van der Waals surface area contributed by atoms with Gasteiger partial charge in [0.05, 0.1) is 22.8 Å². The van der Waals surface area contributed by atoms with Gasteiger partial charge in [0.15, 0.2) is 0 Å². The third-order valence-corrected chi connectivity index (χ3v) is 4.04. The van der Waals surface area contributed by atoms with Crippen molar-refractivity contribution in [3.8, 4) is 0 Å². The maximum Gasteiger partial charge on any atom is 0.0659 e. The minimum atomic E-state index is 0. The first-order chi connectivity index (χ1) is 11.8. The number of hydrogen-bond acceptors (Lipinski definition) is 2. The van der Waals surface area contributed by atoms with Crippen molar-refractivity contribution < 1.29 is 39.6 Å². The summed E-state index contributed by atoms with van der Waals surface area (Å²) in [5.41, 5.74) is 7.86. The van der Waals surface area contributed by atoms with Gasteiger partial charge in [-0.1, -0.05) is 0 Å². The van der Waals surface area contributed by atoms with Gasteiger partial charge < -0.3 is 15.4 Å². The van der Waals surface area contributed by atoms with Crippen LogP contribution < -0.4 is 0 Å². The van der Waals surface area contributed by atoms with Crippen LogP contribution in [0, 0.1) is 0 Å². The number of hydrogen-bond donors (Lipinski definition) is 2. The van der Waals surface area contributed by atoms with Crippen LogP contribution in [0.1, 0.15) is 22.8 Å². The summed E-state index contributed by atoms with van der Waals surface area (Å²) < 4.78 is 0. The maximum absolute atomic E-state index is 4.62. The molecule has 0 saturated carbocycles. The monoisotopic (exact) mass is 440 g/mol. The molecule has 2 aliphatic heterocycles. The van der Waals surface area contributed by atoms with Crippen LogP contribution in [0.5, 0.6) is 0 Å². The van der Waals surface area contributed by atoms with Gasteiger partial charge in [-0.05, 0) is 72.8 Å². The minimum absolute atomic E-state index is 0. The van der Waals surface area contributed by atoms with Crippen molar-refractivity contribution in [1.29, 1.82) is 0 Å². The number of nitrogens with zero attached hydrogens (tertiary/aromatic N) is 2. The van der Waals surface area contributed by atoms with E-state index in [1.54, 1.807) is 0 Å². The zero-order valence-corrected chi connectivity index (χ0v) is 16.2. The van der Waals surface area contributed by atoms with Gasteiger partial charge in [0.2, 0.25) is 0 Å². The fourth-order valence-electron chi connectivity index (χ4n) is 2.94. The Morgan fingerprint density at radius 3 is 1.22 bits per heavy atom. The molecule has 138 valence electrons. The SMILES string of the molecule is C1=Cc2cc3ccc(cc4ccc(cc5nc(cc1n2)C=C5)[nH]4)[nH]3.O.[Fe].[Fe]. The summed E-state index contributed by atoms with van der Waals surface area (Å²) in [5.74, 6) is 0. The molecule has 0 aromatic carbocycles. The van der Waals surface area contributed by atoms with Crippen LogP contribution in [-0.2, 0) is 34.1 Å². The normalized spacial score (nSPS) is 11.3. The molecule has 0 fully saturated rings. The van der Waals surface area contributed by atoms with Gasteiger partial charge >= 0.3 is 0 Å². The summed E-state index contributed by atoms with van der Waals surface area (Å²) in [5, 5.41) is 0. The van der Waals surface area contributed by atoms with E-state index < -0.39 is 0 Å². The second-order valence-electron chi connectivity index (χ2n) is 5.91. The molecule has 2 aliphatic rings. The van der Waals surface area contributed by atoms with E-state index >= 15 is 0 Å². The average Bonchev–Trinajstić information content (AvgIpc) is 3.32.